The maximum atomic E-state index is 4.57. The fourth-order valence-electron chi connectivity index (χ4n) is 1.17. The highest BCUT2D eigenvalue weighted by molar-refractivity contribution is 7.09. The summed E-state index contributed by atoms with van der Waals surface area (Å²) in [6.07, 6.45) is 5.18. The SMILES string of the molecule is CC.CC/C=C\C(=NC)c1csc(C(C)C)n1. The Morgan fingerprint density at radius 1 is 1.47 bits per heavy atom. The lowest BCUT2D eigenvalue weighted by Crippen LogP contribution is -1.98. The van der Waals surface area contributed by atoms with Crippen LogP contribution in [0.5, 0.6) is 0 Å². The van der Waals surface area contributed by atoms with E-state index in [1.54, 1.807) is 11.3 Å². The molecule has 0 bridgehead atoms. The third-order valence-corrected chi connectivity index (χ3v) is 3.18. The zero-order valence-corrected chi connectivity index (χ0v) is 12.6. The van der Waals surface area contributed by atoms with E-state index < -0.39 is 0 Å². The molecule has 0 spiro atoms. The van der Waals surface area contributed by atoms with Gasteiger partial charge in [0, 0.05) is 18.3 Å². The molecule has 0 saturated heterocycles. The second-order valence-electron chi connectivity index (χ2n) is 3.65. The highest BCUT2D eigenvalue weighted by atomic mass is 32.1. The van der Waals surface area contributed by atoms with E-state index in [1.165, 1.54) is 5.01 Å². The van der Waals surface area contributed by atoms with Gasteiger partial charge in [-0.2, -0.15) is 0 Å². The van der Waals surface area contributed by atoms with E-state index in [1.807, 2.05) is 27.0 Å². The minimum Gasteiger partial charge on any atom is -0.286 e. The molecule has 0 saturated carbocycles. The van der Waals surface area contributed by atoms with Crippen molar-refractivity contribution in [3.63, 3.8) is 0 Å². The molecule has 0 atom stereocenters. The predicted octanol–water partition coefficient (Wildman–Crippen LogP) is 4.68. The van der Waals surface area contributed by atoms with Crippen molar-refractivity contribution < 1.29 is 0 Å². The first-order valence-corrected chi connectivity index (χ1v) is 7.16. The van der Waals surface area contributed by atoms with E-state index in [9.17, 15) is 0 Å². The van der Waals surface area contributed by atoms with Gasteiger partial charge in [-0.1, -0.05) is 40.7 Å². The van der Waals surface area contributed by atoms with Crippen LogP contribution in [0, 0.1) is 0 Å². The van der Waals surface area contributed by atoms with E-state index in [-0.39, 0.29) is 0 Å². The number of aromatic nitrogens is 1. The highest BCUT2D eigenvalue weighted by Gasteiger charge is 2.08. The quantitative estimate of drug-likeness (QED) is 0.714. The summed E-state index contributed by atoms with van der Waals surface area (Å²) in [6.45, 7) is 10.4. The normalized spacial score (nSPS) is 11.8. The number of hydrogen-bond acceptors (Lipinski definition) is 3. The van der Waals surface area contributed by atoms with E-state index in [0.29, 0.717) is 5.92 Å². The minimum absolute atomic E-state index is 0.497. The lowest BCUT2D eigenvalue weighted by atomic mass is 10.2. The van der Waals surface area contributed by atoms with Gasteiger partial charge in [-0.25, -0.2) is 4.98 Å². The molecule has 1 aromatic heterocycles. The van der Waals surface area contributed by atoms with Gasteiger partial charge in [-0.3, -0.25) is 4.99 Å². The molecular formula is C14H24N2S. The van der Waals surface area contributed by atoms with Crippen LogP contribution in [0.25, 0.3) is 0 Å². The molecule has 2 nitrogen and oxygen atoms in total. The van der Waals surface area contributed by atoms with Gasteiger partial charge in [-0.15, -0.1) is 11.3 Å². The summed E-state index contributed by atoms with van der Waals surface area (Å²) in [5.74, 6) is 0.497. The van der Waals surface area contributed by atoms with Crippen molar-refractivity contribution in [3.8, 4) is 0 Å². The molecular weight excluding hydrogens is 228 g/mol. The number of rotatable bonds is 4. The van der Waals surface area contributed by atoms with Crippen LogP contribution in [0.2, 0.25) is 0 Å². The molecule has 0 fully saturated rings. The van der Waals surface area contributed by atoms with E-state index >= 15 is 0 Å². The second kappa shape index (κ2) is 9.11. The van der Waals surface area contributed by atoms with Crippen molar-refractivity contribution in [2.24, 2.45) is 4.99 Å². The molecule has 1 heterocycles. The molecule has 0 aliphatic heterocycles. The first-order valence-electron chi connectivity index (χ1n) is 6.28. The summed E-state index contributed by atoms with van der Waals surface area (Å²) in [6, 6.07) is 0. The lowest BCUT2D eigenvalue weighted by molar-refractivity contribution is 0.851. The monoisotopic (exact) mass is 252 g/mol. The summed E-state index contributed by atoms with van der Waals surface area (Å²) in [4.78, 5) is 8.81. The average molecular weight is 252 g/mol. The number of hydrogen-bond donors (Lipinski definition) is 0. The Morgan fingerprint density at radius 2 is 2.12 bits per heavy atom. The molecule has 96 valence electrons. The molecule has 0 unspecified atom stereocenters. The van der Waals surface area contributed by atoms with E-state index in [0.717, 1.165) is 17.8 Å². The first kappa shape index (κ1) is 16.0. The van der Waals surface area contributed by atoms with E-state index in [2.05, 4.69) is 42.2 Å². The molecule has 0 N–H and O–H groups in total. The highest BCUT2D eigenvalue weighted by Crippen LogP contribution is 2.19. The molecule has 3 heteroatoms. The number of nitrogens with zero attached hydrogens (tertiary/aromatic N) is 2. The van der Waals surface area contributed by atoms with Crippen molar-refractivity contribution in [1.82, 2.24) is 4.98 Å². The van der Waals surface area contributed by atoms with Gasteiger partial charge in [0.1, 0.15) is 0 Å². The summed E-state index contributed by atoms with van der Waals surface area (Å²) >= 11 is 1.71. The van der Waals surface area contributed by atoms with Gasteiger partial charge in [0.2, 0.25) is 0 Å². The maximum absolute atomic E-state index is 4.57. The van der Waals surface area contributed by atoms with Crippen LogP contribution in [-0.2, 0) is 0 Å². The van der Waals surface area contributed by atoms with Crippen LogP contribution in [0.15, 0.2) is 22.5 Å². The topological polar surface area (TPSA) is 25.2 Å². The lowest BCUT2D eigenvalue weighted by Gasteiger charge is -1.97. The van der Waals surface area contributed by atoms with Gasteiger partial charge >= 0.3 is 0 Å². The Hall–Kier alpha value is -0.960. The van der Waals surface area contributed by atoms with Crippen LogP contribution >= 0.6 is 11.3 Å². The van der Waals surface area contributed by atoms with Crippen molar-refractivity contribution in [2.75, 3.05) is 7.05 Å². The van der Waals surface area contributed by atoms with E-state index in [4.69, 9.17) is 0 Å². The Kier molecular flexibility index (Phi) is 8.60. The first-order chi connectivity index (χ1) is 8.19. The molecule has 0 aliphatic rings. The number of allylic oxidation sites excluding steroid dienone is 2. The molecule has 0 amide bonds. The summed E-state index contributed by atoms with van der Waals surface area (Å²) < 4.78 is 0. The zero-order valence-electron chi connectivity index (χ0n) is 11.8. The minimum atomic E-state index is 0.497. The molecule has 1 aromatic rings. The van der Waals surface area contributed by atoms with Crippen LogP contribution in [0.4, 0.5) is 0 Å². The molecule has 0 aliphatic carbocycles. The zero-order chi connectivity index (χ0) is 13.3. The maximum Gasteiger partial charge on any atom is 0.0994 e. The second-order valence-corrected chi connectivity index (χ2v) is 4.53. The fourth-order valence-corrected chi connectivity index (χ4v) is 2.00. The van der Waals surface area contributed by atoms with Crippen molar-refractivity contribution >= 4 is 17.0 Å². The Balaban J connectivity index is 0.00000121. The molecule has 17 heavy (non-hydrogen) atoms. The van der Waals surface area contributed by atoms with Gasteiger partial charge < -0.3 is 0 Å². The summed E-state index contributed by atoms with van der Waals surface area (Å²) in [5.41, 5.74) is 1.97. The number of thiazole rings is 1. The Morgan fingerprint density at radius 3 is 2.53 bits per heavy atom. The molecule has 0 aromatic carbocycles. The summed E-state index contributed by atoms with van der Waals surface area (Å²) in [7, 11) is 1.81. The Bertz CT molecular complexity index is 362. The van der Waals surface area contributed by atoms with Crippen LogP contribution in [-0.4, -0.2) is 17.7 Å². The van der Waals surface area contributed by atoms with Gasteiger partial charge in [-0.05, 0) is 12.5 Å². The van der Waals surface area contributed by atoms with Gasteiger partial charge in [0.05, 0.1) is 16.4 Å². The summed E-state index contributed by atoms with van der Waals surface area (Å²) in [5, 5.41) is 3.26. The van der Waals surface area contributed by atoms with Crippen LogP contribution in [0.1, 0.15) is 57.7 Å². The third-order valence-electron chi connectivity index (χ3n) is 2.03. The van der Waals surface area contributed by atoms with Gasteiger partial charge in [0.15, 0.2) is 0 Å². The van der Waals surface area contributed by atoms with Crippen LogP contribution < -0.4 is 0 Å². The standard InChI is InChI=1S/C12H18N2S.C2H6/c1-5-6-7-10(13-4)11-8-15-12(14-11)9(2)3;1-2/h6-9H,5H2,1-4H3;1-2H3/b7-6-,13-10?;. The van der Waals surface area contributed by atoms with Crippen molar-refractivity contribution in [1.29, 1.82) is 0 Å². The van der Waals surface area contributed by atoms with Crippen molar-refractivity contribution in [2.45, 2.75) is 47.0 Å². The third kappa shape index (κ3) is 5.26. The van der Waals surface area contributed by atoms with Crippen LogP contribution in [0.3, 0.4) is 0 Å². The Labute approximate surface area is 110 Å². The predicted molar refractivity (Wildman–Crippen MR) is 79.4 cm³/mol. The fraction of sp³-hybridized carbons (Fsp3) is 0.571. The number of aliphatic imine (C=N–C) groups is 1. The molecule has 0 radical (unpaired) electrons. The molecule has 1 rings (SSSR count). The smallest absolute Gasteiger partial charge is 0.0994 e. The van der Waals surface area contributed by atoms with Crippen molar-refractivity contribution in [3.05, 3.63) is 28.2 Å². The van der Waals surface area contributed by atoms with Gasteiger partial charge in [0.25, 0.3) is 0 Å². The largest absolute Gasteiger partial charge is 0.286 e. The average Bonchev–Trinajstić information content (AvgIpc) is 2.82.